The van der Waals surface area contributed by atoms with Crippen LogP contribution in [0.3, 0.4) is 0 Å². The molecule has 0 saturated heterocycles. The highest BCUT2D eigenvalue weighted by atomic mass is 35.5. The van der Waals surface area contributed by atoms with Gasteiger partial charge in [0.15, 0.2) is 0 Å². The molecule has 2 aromatic rings. The monoisotopic (exact) mass is 303 g/mol. The third kappa shape index (κ3) is 3.77. The molecule has 0 fully saturated rings. The second-order valence-corrected chi connectivity index (χ2v) is 5.64. The van der Waals surface area contributed by atoms with Gasteiger partial charge in [-0.2, -0.15) is 5.26 Å². The summed E-state index contributed by atoms with van der Waals surface area (Å²) in [6, 6.07) is 14.6. The number of hydrogen-bond acceptors (Lipinski definition) is 3. The number of rotatable bonds is 4. The Balaban J connectivity index is 2.26. The van der Waals surface area contributed by atoms with Gasteiger partial charge in [-0.3, -0.25) is 4.79 Å². The second kappa shape index (κ2) is 6.47. The molecule has 0 bridgehead atoms. The summed E-state index contributed by atoms with van der Waals surface area (Å²) in [6.07, 6.45) is -0.155. The Hall–Kier alpha value is -1.96. The lowest BCUT2D eigenvalue weighted by atomic mass is 10.1. The van der Waals surface area contributed by atoms with Crippen LogP contribution in [0.2, 0.25) is 5.02 Å². The first-order chi connectivity index (χ1) is 9.58. The molecular weight excluding hydrogens is 294 g/mol. The minimum absolute atomic E-state index is 0.155. The van der Waals surface area contributed by atoms with Crippen LogP contribution in [0.4, 0.5) is 0 Å². The van der Waals surface area contributed by atoms with Crippen molar-refractivity contribution in [1.29, 1.82) is 5.26 Å². The molecule has 0 atom stereocenters. The molecule has 0 spiro atoms. The summed E-state index contributed by atoms with van der Waals surface area (Å²) >= 11 is 7.32. The number of halogens is 1. The number of carbonyl (C=O) groups is 1. The molecule has 3 nitrogen and oxygen atoms in total. The van der Waals surface area contributed by atoms with E-state index in [0.717, 1.165) is 9.79 Å². The third-order valence-electron chi connectivity index (χ3n) is 2.59. The lowest BCUT2D eigenvalue weighted by Gasteiger charge is -2.06. The Morgan fingerprint density at radius 1 is 1.20 bits per heavy atom. The highest BCUT2D eigenvalue weighted by Gasteiger charge is 2.08. The fraction of sp³-hybridized carbons (Fsp3) is 0.0667. The van der Waals surface area contributed by atoms with E-state index in [-0.39, 0.29) is 6.42 Å². The summed E-state index contributed by atoms with van der Waals surface area (Å²) < 4.78 is 0. The highest BCUT2D eigenvalue weighted by Crippen LogP contribution is 2.30. The van der Waals surface area contributed by atoms with Gasteiger partial charge in [0.05, 0.1) is 18.1 Å². The first-order valence-electron chi connectivity index (χ1n) is 5.77. The van der Waals surface area contributed by atoms with Crippen LogP contribution in [0.25, 0.3) is 0 Å². The van der Waals surface area contributed by atoms with Gasteiger partial charge < -0.3 is 5.11 Å². The molecule has 0 aliphatic heterocycles. The number of carboxylic acids is 1. The zero-order chi connectivity index (χ0) is 14.5. The van der Waals surface area contributed by atoms with Crippen LogP contribution in [0.15, 0.2) is 52.3 Å². The number of aliphatic carboxylic acids is 1. The molecule has 0 aliphatic rings. The van der Waals surface area contributed by atoms with Crippen molar-refractivity contribution in [2.24, 2.45) is 0 Å². The smallest absolute Gasteiger partial charge is 0.307 e. The molecule has 0 aliphatic carbocycles. The summed E-state index contributed by atoms with van der Waals surface area (Å²) in [5, 5.41) is 18.5. The molecule has 2 rings (SSSR count). The third-order valence-corrected chi connectivity index (χ3v) is 3.84. The maximum absolute atomic E-state index is 10.8. The Kier molecular flexibility index (Phi) is 4.67. The fourth-order valence-electron chi connectivity index (χ4n) is 1.69. The van der Waals surface area contributed by atoms with E-state index in [0.29, 0.717) is 16.1 Å². The minimum atomic E-state index is -0.949. The van der Waals surface area contributed by atoms with Crippen LogP contribution in [-0.4, -0.2) is 11.1 Å². The quantitative estimate of drug-likeness (QED) is 0.927. The van der Waals surface area contributed by atoms with Gasteiger partial charge in [0, 0.05) is 14.8 Å². The van der Waals surface area contributed by atoms with Crippen LogP contribution < -0.4 is 0 Å². The van der Waals surface area contributed by atoms with Gasteiger partial charge >= 0.3 is 5.97 Å². The maximum atomic E-state index is 10.8. The topological polar surface area (TPSA) is 61.1 Å². The summed E-state index contributed by atoms with van der Waals surface area (Å²) in [6.45, 7) is 0. The van der Waals surface area contributed by atoms with Gasteiger partial charge in [0.1, 0.15) is 0 Å². The van der Waals surface area contributed by atoms with E-state index >= 15 is 0 Å². The fourth-order valence-corrected chi connectivity index (χ4v) is 2.70. The SMILES string of the molecule is N#Cc1ccc(Sc2ccc(Cl)cc2)cc1CC(=O)O. The largest absolute Gasteiger partial charge is 0.481 e. The van der Waals surface area contributed by atoms with Crippen LogP contribution in [-0.2, 0) is 11.2 Å². The van der Waals surface area contributed by atoms with E-state index in [4.69, 9.17) is 22.0 Å². The average Bonchev–Trinajstić information content (AvgIpc) is 2.41. The molecule has 0 heterocycles. The van der Waals surface area contributed by atoms with Crippen molar-refractivity contribution in [3.8, 4) is 6.07 Å². The Bertz CT molecular complexity index is 677. The summed E-state index contributed by atoms with van der Waals surface area (Å²) in [5.41, 5.74) is 0.923. The standard InChI is InChI=1S/C15H10ClNO2S/c16-12-2-5-13(6-3-12)20-14-4-1-10(9-17)11(7-14)8-15(18)19/h1-7H,8H2,(H,18,19). The Labute approximate surface area is 125 Å². The Morgan fingerprint density at radius 3 is 2.45 bits per heavy atom. The van der Waals surface area contributed by atoms with Gasteiger partial charge in [-0.05, 0) is 48.0 Å². The van der Waals surface area contributed by atoms with Gasteiger partial charge in [-0.15, -0.1) is 0 Å². The van der Waals surface area contributed by atoms with E-state index in [9.17, 15) is 4.79 Å². The van der Waals surface area contributed by atoms with Crippen LogP contribution in [0.5, 0.6) is 0 Å². The normalized spacial score (nSPS) is 10.0. The Morgan fingerprint density at radius 2 is 1.85 bits per heavy atom. The van der Waals surface area contributed by atoms with Gasteiger partial charge in [-0.25, -0.2) is 0 Å². The summed E-state index contributed by atoms with van der Waals surface area (Å²) in [7, 11) is 0. The minimum Gasteiger partial charge on any atom is -0.481 e. The van der Waals surface area contributed by atoms with Gasteiger partial charge in [0.2, 0.25) is 0 Å². The lowest BCUT2D eigenvalue weighted by Crippen LogP contribution is -2.02. The molecule has 0 amide bonds. The van der Waals surface area contributed by atoms with Crippen molar-refractivity contribution in [2.45, 2.75) is 16.2 Å². The summed E-state index contributed by atoms with van der Waals surface area (Å²) in [4.78, 5) is 12.7. The van der Waals surface area contributed by atoms with E-state index in [2.05, 4.69) is 0 Å². The van der Waals surface area contributed by atoms with Crippen LogP contribution >= 0.6 is 23.4 Å². The first-order valence-corrected chi connectivity index (χ1v) is 6.96. The second-order valence-electron chi connectivity index (χ2n) is 4.06. The maximum Gasteiger partial charge on any atom is 0.307 e. The number of hydrogen-bond donors (Lipinski definition) is 1. The van der Waals surface area contributed by atoms with Crippen molar-refractivity contribution >= 4 is 29.3 Å². The number of nitrogens with zero attached hydrogens (tertiary/aromatic N) is 1. The van der Waals surface area contributed by atoms with E-state index in [1.165, 1.54) is 11.8 Å². The zero-order valence-electron chi connectivity index (χ0n) is 10.3. The van der Waals surface area contributed by atoms with Gasteiger partial charge in [-0.1, -0.05) is 23.4 Å². The number of nitriles is 1. The van der Waals surface area contributed by atoms with Crippen molar-refractivity contribution in [1.82, 2.24) is 0 Å². The predicted octanol–water partition coefficient (Wildman–Crippen LogP) is 3.99. The van der Waals surface area contributed by atoms with E-state index < -0.39 is 5.97 Å². The molecule has 5 heteroatoms. The van der Waals surface area contributed by atoms with Crippen molar-refractivity contribution in [2.75, 3.05) is 0 Å². The van der Waals surface area contributed by atoms with Crippen molar-refractivity contribution < 1.29 is 9.90 Å². The molecule has 0 saturated carbocycles. The first kappa shape index (κ1) is 14.4. The van der Waals surface area contributed by atoms with Crippen LogP contribution in [0.1, 0.15) is 11.1 Å². The predicted molar refractivity (Wildman–Crippen MR) is 78.1 cm³/mol. The molecule has 1 N–H and O–H groups in total. The average molecular weight is 304 g/mol. The van der Waals surface area contributed by atoms with Gasteiger partial charge in [0.25, 0.3) is 0 Å². The van der Waals surface area contributed by atoms with E-state index in [1.807, 2.05) is 24.3 Å². The molecule has 20 heavy (non-hydrogen) atoms. The molecule has 2 aromatic carbocycles. The van der Waals surface area contributed by atoms with Crippen molar-refractivity contribution in [3.05, 3.63) is 58.6 Å². The zero-order valence-corrected chi connectivity index (χ0v) is 11.9. The molecule has 100 valence electrons. The van der Waals surface area contributed by atoms with E-state index in [1.54, 1.807) is 24.3 Å². The molecule has 0 radical (unpaired) electrons. The van der Waals surface area contributed by atoms with Crippen LogP contribution in [0, 0.1) is 11.3 Å². The molecule has 0 aromatic heterocycles. The molecular formula is C15H10ClNO2S. The summed E-state index contributed by atoms with van der Waals surface area (Å²) in [5.74, 6) is -0.949. The highest BCUT2D eigenvalue weighted by molar-refractivity contribution is 7.99. The molecule has 0 unspecified atom stereocenters. The number of benzene rings is 2. The lowest BCUT2D eigenvalue weighted by molar-refractivity contribution is -0.136. The van der Waals surface area contributed by atoms with Crippen molar-refractivity contribution in [3.63, 3.8) is 0 Å². The number of carboxylic acid groups (broad SMARTS) is 1.